The van der Waals surface area contributed by atoms with Crippen molar-refractivity contribution < 1.29 is 17.4 Å². The number of carbonyl (C=O) groups is 1. The first-order valence-corrected chi connectivity index (χ1v) is 8.64. The molecule has 0 heterocycles. The van der Waals surface area contributed by atoms with E-state index in [1.807, 2.05) is 19.9 Å². The van der Waals surface area contributed by atoms with Crippen molar-refractivity contribution in [2.24, 2.45) is 0 Å². The first kappa shape index (κ1) is 16.4. The summed E-state index contributed by atoms with van der Waals surface area (Å²) in [7, 11) is -3.77. The lowest BCUT2D eigenvalue weighted by atomic mass is 9.97. The third kappa shape index (κ3) is 4.02. The zero-order valence-electron chi connectivity index (χ0n) is 12.7. The zero-order valence-corrected chi connectivity index (χ0v) is 13.6. The van der Waals surface area contributed by atoms with Crippen LogP contribution in [0.3, 0.4) is 0 Å². The van der Waals surface area contributed by atoms with Gasteiger partial charge in [-0.2, -0.15) is 8.42 Å². The average Bonchev–Trinajstić information content (AvgIpc) is 2.47. The topological polar surface area (TPSA) is 60.4 Å². The van der Waals surface area contributed by atoms with E-state index in [4.69, 9.17) is 4.18 Å². The molecule has 0 N–H and O–H groups in total. The maximum Gasteiger partial charge on any atom is 0.265 e. The molecule has 0 saturated carbocycles. The summed E-state index contributed by atoms with van der Waals surface area (Å²) in [5.41, 5.74) is 2.98. The fourth-order valence-electron chi connectivity index (χ4n) is 2.11. The van der Waals surface area contributed by atoms with E-state index in [1.165, 1.54) is 0 Å². The van der Waals surface area contributed by atoms with Crippen molar-refractivity contribution in [3.63, 3.8) is 0 Å². The Bertz CT molecular complexity index is 780. The van der Waals surface area contributed by atoms with Crippen molar-refractivity contribution in [3.05, 3.63) is 70.8 Å². The molecule has 0 aromatic heterocycles. The molecular formula is C17H18O4S. The number of benzene rings is 2. The van der Waals surface area contributed by atoms with Gasteiger partial charge in [-0.15, -0.1) is 0 Å². The van der Waals surface area contributed by atoms with Crippen LogP contribution in [0.1, 0.15) is 33.2 Å². The van der Waals surface area contributed by atoms with Crippen LogP contribution in [-0.4, -0.2) is 20.5 Å². The highest BCUT2D eigenvalue weighted by molar-refractivity contribution is 7.86. The molecule has 2 aromatic carbocycles. The highest BCUT2D eigenvalue weighted by Gasteiger charge is 2.27. The predicted octanol–water partition coefficient (Wildman–Crippen LogP) is 3.20. The van der Waals surface area contributed by atoms with Gasteiger partial charge in [-0.3, -0.25) is 8.98 Å². The molecule has 1 unspecified atom stereocenters. The molecule has 2 aromatic rings. The van der Waals surface area contributed by atoms with Crippen LogP contribution in [0, 0.1) is 13.8 Å². The van der Waals surface area contributed by atoms with Crippen LogP contribution in [0.2, 0.25) is 0 Å². The second-order valence-electron chi connectivity index (χ2n) is 5.25. The maximum atomic E-state index is 12.6. The van der Waals surface area contributed by atoms with E-state index in [9.17, 15) is 13.2 Å². The van der Waals surface area contributed by atoms with Gasteiger partial charge in [-0.25, -0.2) is 0 Å². The smallest absolute Gasteiger partial charge is 0.265 e. The van der Waals surface area contributed by atoms with Crippen LogP contribution in [0.15, 0.2) is 48.5 Å². The lowest BCUT2D eigenvalue weighted by molar-refractivity contribution is 0.0803. The standard InChI is InChI=1S/C17H18O4S/c1-12-9-10-15(11-13(12)2)17(21-22(3,19)20)16(18)14-7-5-4-6-8-14/h4-11,17H,1-3H3. The van der Waals surface area contributed by atoms with E-state index in [-0.39, 0.29) is 5.78 Å². The molecule has 0 saturated heterocycles. The minimum absolute atomic E-state index is 0.380. The number of Topliss-reactive ketones (excluding diaryl/α,β-unsaturated/α-hetero) is 1. The molecule has 116 valence electrons. The maximum absolute atomic E-state index is 12.6. The Morgan fingerprint density at radius 2 is 1.64 bits per heavy atom. The van der Waals surface area contributed by atoms with Crippen molar-refractivity contribution in [1.82, 2.24) is 0 Å². The molecule has 22 heavy (non-hydrogen) atoms. The van der Waals surface area contributed by atoms with Gasteiger partial charge in [0.2, 0.25) is 0 Å². The zero-order chi connectivity index (χ0) is 16.3. The molecule has 0 fully saturated rings. The Labute approximate surface area is 130 Å². The predicted molar refractivity (Wildman–Crippen MR) is 85.4 cm³/mol. The molecular weight excluding hydrogens is 300 g/mol. The summed E-state index contributed by atoms with van der Waals surface area (Å²) < 4.78 is 28.1. The Morgan fingerprint density at radius 1 is 1.00 bits per heavy atom. The highest BCUT2D eigenvalue weighted by Crippen LogP contribution is 2.26. The third-order valence-electron chi connectivity index (χ3n) is 3.40. The fourth-order valence-corrected chi connectivity index (χ4v) is 2.66. The number of hydrogen-bond acceptors (Lipinski definition) is 4. The van der Waals surface area contributed by atoms with Gasteiger partial charge in [0.1, 0.15) is 0 Å². The van der Waals surface area contributed by atoms with Crippen molar-refractivity contribution >= 4 is 15.9 Å². The molecule has 0 aliphatic heterocycles. The van der Waals surface area contributed by atoms with Gasteiger partial charge in [0.25, 0.3) is 10.1 Å². The average molecular weight is 318 g/mol. The number of hydrogen-bond donors (Lipinski definition) is 0. The van der Waals surface area contributed by atoms with Crippen LogP contribution in [0.5, 0.6) is 0 Å². The Kier molecular flexibility index (Phi) is 4.78. The Morgan fingerprint density at radius 3 is 2.18 bits per heavy atom. The summed E-state index contributed by atoms with van der Waals surface area (Å²) in [6.45, 7) is 3.86. The molecule has 4 nitrogen and oxygen atoms in total. The first-order chi connectivity index (χ1) is 10.3. The number of carbonyl (C=O) groups excluding carboxylic acids is 1. The monoisotopic (exact) mass is 318 g/mol. The molecule has 0 spiro atoms. The summed E-state index contributed by atoms with van der Waals surface area (Å²) >= 11 is 0. The van der Waals surface area contributed by atoms with E-state index in [2.05, 4.69) is 0 Å². The molecule has 0 amide bonds. The molecule has 0 aliphatic carbocycles. The molecule has 1 atom stereocenters. The summed E-state index contributed by atoms with van der Waals surface area (Å²) in [5, 5.41) is 0. The molecule has 5 heteroatoms. The molecule has 0 aliphatic rings. The summed E-state index contributed by atoms with van der Waals surface area (Å²) in [4.78, 5) is 12.6. The Hall–Kier alpha value is -1.98. The second-order valence-corrected chi connectivity index (χ2v) is 6.86. The van der Waals surface area contributed by atoms with Crippen molar-refractivity contribution in [2.45, 2.75) is 20.0 Å². The van der Waals surface area contributed by atoms with Gasteiger partial charge in [-0.1, -0.05) is 48.5 Å². The van der Waals surface area contributed by atoms with Gasteiger partial charge in [0.15, 0.2) is 11.9 Å². The first-order valence-electron chi connectivity index (χ1n) is 6.82. The Balaban J connectivity index is 2.47. The summed E-state index contributed by atoms with van der Waals surface area (Å²) in [6, 6.07) is 13.9. The lowest BCUT2D eigenvalue weighted by Gasteiger charge is -2.17. The van der Waals surface area contributed by atoms with E-state index < -0.39 is 16.2 Å². The van der Waals surface area contributed by atoms with Gasteiger partial charge in [0.05, 0.1) is 6.26 Å². The highest BCUT2D eigenvalue weighted by atomic mass is 32.2. The quantitative estimate of drug-likeness (QED) is 0.627. The number of rotatable bonds is 5. The summed E-state index contributed by atoms with van der Waals surface area (Å²) in [5.74, 6) is -0.380. The van der Waals surface area contributed by atoms with Crippen LogP contribution in [-0.2, 0) is 14.3 Å². The minimum Gasteiger partial charge on any atom is -0.291 e. The molecule has 0 radical (unpaired) electrons. The molecule has 0 bridgehead atoms. The van der Waals surface area contributed by atoms with Gasteiger partial charge >= 0.3 is 0 Å². The van der Waals surface area contributed by atoms with Gasteiger partial charge < -0.3 is 0 Å². The van der Waals surface area contributed by atoms with Crippen LogP contribution in [0.4, 0.5) is 0 Å². The van der Waals surface area contributed by atoms with Crippen molar-refractivity contribution in [3.8, 4) is 0 Å². The summed E-state index contributed by atoms with van der Waals surface area (Å²) in [6.07, 6.45) is -0.226. The van der Waals surface area contributed by atoms with E-state index in [0.717, 1.165) is 17.4 Å². The van der Waals surface area contributed by atoms with Gasteiger partial charge in [-0.05, 0) is 30.5 Å². The molecule has 2 rings (SSSR count). The van der Waals surface area contributed by atoms with E-state index >= 15 is 0 Å². The van der Waals surface area contributed by atoms with Gasteiger partial charge in [0, 0.05) is 5.56 Å². The largest absolute Gasteiger partial charge is 0.291 e. The fraction of sp³-hybridized carbons (Fsp3) is 0.235. The van der Waals surface area contributed by atoms with E-state index in [1.54, 1.807) is 42.5 Å². The van der Waals surface area contributed by atoms with Crippen LogP contribution in [0.25, 0.3) is 0 Å². The minimum atomic E-state index is -3.77. The van der Waals surface area contributed by atoms with Crippen molar-refractivity contribution in [2.75, 3.05) is 6.26 Å². The van der Waals surface area contributed by atoms with Crippen LogP contribution < -0.4 is 0 Å². The number of aryl methyl sites for hydroxylation is 2. The SMILES string of the molecule is Cc1ccc(C(OS(C)(=O)=O)C(=O)c2ccccc2)cc1C. The van der Waals surface area contributed by atoms with Crippen molar-refractivity contribution in [1.29, 1.82) is 0 Å². The number of ketones is 1. The normalized spacial score (nSPS) is 12.9. The second kappa shape index (κ2) is 6.42. The van der Waals surface area contributed by atoms with E-state index in [0.29, 0.717) is 11.1 Å². The van der Waals surface area contributed by atoms with Crippen LogP contribution >= 0.6 is 0 Å². The lowest BCUT2D eigenvalue weighted by Crippen LogP contribution is -2.20. The third-order valence-corrected chi connectivity index (χ3v) is 3.94.